The van der Waals surface area contributed by atoms with Crippen molar-refractivity contribution in [3.05, 3.63) is 60.7 Å². The number of rotatable bonds is 5. The number of methoxy groups -OCH3 is 2. The predicted molar refractivity (Wildman–Crippen MR) is 104 cm³/mol. The first-order chi connectivity index (χ1) is 13.6. The molecule has 2 aromatic heterocycles. The van der Waals surface area contributed by atoms with E-state index in [1.807, 2.05) is 19.2 Å². The molecule has 0 N–H and O–H groups in total. The van der Waals surface area contributed by atoms with Crippen LogP contribution in [0.4, 0.5) is 4.39 Å². The van der Waals surface area contributed by atoms with Gasteiger partial charge in [0.1, 0.15) is 17.0 Å². The molecule has 7 heteroatoms. The van der Waals surface area contributed by atoms with Crippen LogP contribution in [-0.2, 0) is 7.05 Å². The summed E-state index contributed by atoms with van der Waals surface area (Å²) in [4.78, 5) is 4.23. The molecule has 2 aromatic carbocycles. The van der Waals surface area contributed by atoms with Crippen LogP contribution in [0, 0.1) is 5.82 Å². The first-order valence-electron chi connectivity index (χ1n) is 8.58. The van der Waals surface area contributed by atoms with E-state index in [1.165, 1.54) is 7.11 Å². The summed E-state index contributed by atoms with van der Waals surface area (Å²) in [5.41, 5.74) is 2.54. The number of fused-ring (bicyclic) bond motifs is 1. The summed E-state index contributed by atoms with van der Waals surface area (Å²) in [7, 11) is 4.88. The molecule has 0 radical (unpaired) electrons. The molecule has 28 heavy (non-hydrogen) atoms. The summed E-state index contributed by atoms with van der Waals surface area (Å²) in [5, 5.41) is 5.48. The maximum atomic E-state index is 14.3. The molecule has 0 aliphatic rings. The van der Waals surface area contributed by atoms with Crippen LogP contribution in [0.5, 0.6) is 23.0 Å². The van der Waals surface area contributed by atoms with E-state index in [4.69, 9.17) is 14.2 Å². The minimum absolute atomic E-state index is 0.101. The molecule has 0 aliphatic heterocycles. The SMILES string of the molecule is COc1cccc(Oc2ccc(-c3nn(C)c4c(OC)cncc34)cc2)c1F. The number of aromatic nitrogens is 3. The fraction of sp³-hybridized carbons (Fsp3) is 0.143. The number of ether oxygens (including phenoxy) is 3. The van der Waals surface area contributed by atoms with Gasteiger partial charge in [0, 0.05) is 18.8 Å². The lowest BCUT2D eigenvalue weighted by Gasteiger charge is -2.09. The van der Waals surface area contributed by atoms with Crippen molar-refractivity contribution in [2.24, 2.45) is 7.05 Å². The van der Waals surface area contributed by atoms with Gasteiger partial charge in [-0.3, -0.25) is 9.67 Å². The Balaban J connectivity index is 1.67. The van der Waals surface area contributed by atoms with Crippen LogP contribution in [0.3, 0.4) is 0 Å². The molecule has 4 aromatic rings. The molecule has 2 heterocycles. The monoisotopic (exact) mass is 379 g/mol. The average Bonchev–Trinajstić information content (AvgIpc) is 3.07. The van der Waals surface area contributed by atoms with Gasteiger partial charge in [-0.1, -0.05) is 6.07 Å². The van der Waals surface area contributed by atoms with Gasteiger partial charge < -0.3 is 14.2 Å². The topological polar surface area (TPSA) is 58.4 Å². The van der Waals surface area contributed by atoms with Gasteiger partial charge in [-0.05, 0) is 36.4 Å². The van der Waals surface area contributed by atoms with Crippen molar-refractivity contribution in [1.29, 1.82) is 0 Å². The van der Waals surface area contributed by atoms with Gasteiger partial charge in [0.15, 0.2) is 17.2 Å². The molecule has 4 rings (SSSR count). The minimum atomic E-state index is -0.539. The van der Waals surface area contributed by atoms with Crippen molar-refractivity contribution in [3.63, 3.8) is 0 Å². The Morgan fingerprint density at radius 2 is 1.61 bits per heavy atom. The van der Waals surface area contributed by atoms with Gasteiger partial charge >= 0.3 is 0 Å². The number of hydrogen-bond donors (Lipinski definition) is 0. The lowest BCUT2D eigenvalue weighted by molar-refractivity contribution is 0.368. The van der Waals surface area contributed by atoms with Crippen molar-refractivity contribution >= 4 is 10.9 Å². The summed E-state index contributed by atoms with van der Waals surface area (Å²) in [6.07, 6.45) is 3.42. The second-order valence-corrected chi connectivity index (χ2v) is 6.11. The predicted octanol–water partition coefficient (Wildman–Crippen LogP) is 4.58. The summed E-state index contributed by atoms with van der Waals surface area (Å²) in [5.74, 6) is 0.863. The van der Waals surface area contributed by atoms with E-state index in [-0.39, 0.29) is 11.5 Å². The molecule has 0 fully saturated rings. The van der Waals surface area contributed by atoms with Crippen molar-refractivity contribution in [2.75, 3.05) is 14.2 Å². The third-order valence-corrected chi connectivity index (χ3v) is 4.44. The Labute approximate surface area is 161 Å². The number of pyridine rings is 1. The third-order valence-electron chi connectivity index (χ3n) is 4.44. The van der Waals surface area contributed by atoms with Crippen LogP contribution in [0.1, 0.15) is 0 Å². The van der Waals surface area contributed by atoms with E-state index in [2.05, 4.69) is 10.1 Å². The van der Waals surface area contributed by atoms with E-state index in [9.17, 15) is 4.39 Å². The quantitative estimate of drug-likeness (QED) is 0.508. The van der Waals surface area contributed by atoms with Gasteiger partial charge in [0.05, 0.1) is 25.8 Å². The second-order valence-electron chi connectivity index (χ2n) is 6.11. The maximum Gasteiger partial charge on any atom is 0.207 e. The Hall–Kier alpha value is -3.61. The molecule has 0 atom stereocenters. The van der Waals surface area contributed by atoms with Crippen LogP contribution in [0.25, 0.3) is 22.2 Å². The van der Waals surface area contributed by atoms with E-state index >= 15 is 0 Å². The molecule has 0 amide bonds. The Morgan fingerprint density at radius 1 is 0.893 bits per heavy atom. The van der Waals surface area contributed by atoms with Gasteiger partial charge in [0.25, 0.3) is 0 Å². The van der Waals surface area contributed by atoms with Gasteiger partial charge in [-0.2, -0.15) is 9.49 Å². The summed E-state index contributed by atoms with van der Waals surface area (Å²) >= 11 is 0. The van der Waals surface area contributed by atoms with Crippen LogP contribution in [0.2, 0.25) is 0 Å². The normalized spacial score (nSPS) is 10.9. The smallest absolute Gasteiger partial charge is 0.207 e. The van der Waals surface area contributed by atoms with E-state index in [1.54, 1.807) is 54.5 Å². The first-order valence-corrected chi connectivity index (χ1v) is 8.58. The third kappa shape index (κ3) is 3.00. The number of nitrogens with zero attached hydrogens (tertiary/aromatic N) is 3. The number of halogens is 1. The van der Waals surface area contributed by atoms with E-state index < -0.39 is 5.82 Å². The molecule has 6 nitrogen and oxygen atoms in total. The van der Waals surface area contributed by atoms with Crippen LogP contribution < -0.4 is 14.2 Å². The Kier molecular flexibility index (Phi) is 4.57. The molecular formula is C21H18FN3O3. The largest absolute Gasteiger partial charge is 0.494 e. The molecule has 0 spiro atoms. The zero-order valence-corrected chi connectivity index (χ0v) is 15.6. The van der Waals surface area contributed by atoms with Crippen molar-refractivity contribution in [1.82, 2.24) is 14.8 Å². The molecule has 0 saturated heterocycles. The first kappa shape index (κ1) is 17.8. The van der Waals surface area contributed by atoms with Crippen LogP contribution in [0.15, 0.2) is 54.9 Å². The molecule has 142 valence electrons. The Bertz CT molecular complexity index is 1140. The van der Waals surface area contributed by atoms with E-state index in [0.717, 1.165) is 22.2 Å². The fourth-order valence-electron chi connectivity index (χ4n) is 3.09. The summed E-state index contributed by atoms with van der Waals surface area (Å²) in [6.45, 7) is 0. The molecule has 0 unspecified atom stereocenters. The zero-order chi connectivity index (χ0) is 19.7. The number of aryl methyl sites for hydroxylation is 1. The standard InChI is InChI=1S/C21H18FN3O3/c1-25-21-15(11-23-12-18(21)27-3)20(24-25)13-7-9-14(10-8-13)28-17-6-4-5-16(26-2)19(17)22/h4-12H,1-3H3. The van der Waals surface area contributed by atoms with Gasteiger partial charge in [-0.25, -0.2) is 0 Å². The van der Waals surface area contributed by atoms with Crippen LogP contribution >= 0.6 is 0 Å². The molecular weight excluding hydrogens is 361 g/mol. The van der Waals surface area contributed by atoms with Crippen molar-refractivity contribution in [3.8, 4) is 34.3 Å². The zero-order valence-electron chi connectivity index (χ0n) is 15.6. The van der Waals surface area contributed by atoms with Gasteiger partial charge in [-0.15, -0.1) is 0 Å². The molecule has 0 aliphatic carbocycles. The molecule has 0 bridgehead atoms. The van der Waals surface area contributed by atoms with Crippen molar-refractivity contribution in [2.45, 2.75) is 0 Å². The summed E-state index contributed by atoms with van der Waals surface area (Å²) in [6, 6.07) is 12.0. The van der Waals surface area contributed by atoms with Crippen LogP contribution in [-0.4, -0.2) is 29.0 Å². The lowest BCUT2D eigenvalue weighted by Crippen LogP contribution is -1.93. The van der Waals surface area contributed by atoms with Crippen molar-refractivity contribution < 1.29 is 18.6 Å². The highest BCUT2D eigenvalue weighted by molar-refractivity contribution is 5.95. The second kappa shape index (κ2) is 7.19. The average molecular weight is 379 g/mol. The lowest BCUT2D eigenvalue weighted by atomic mass is 10.1. The van der Waals surface area contributed by atoms with Gasteiger partial charge in [0.2, 0.25) is 5.82 Å². The number of hydrogen-bond acceptors (Lipinski definition) is 5. The Morgan fingerprint density at radius 3 is 2.32 bits per heavy atom. The summed E-state index contributed by atoms with van der Waals surface area (Å²) < 4.78 is 32.1. The fourth-order valence-corrected chi connectivity index (χ4v) is 3.09. The number of benzene rings is 2. The minimum Gasteiger partial charge on any atom is -0.494 e. The highest BCUT2D eigenvalue weighted by Gasteiger charge is 2.15. The maximum absolute atomic E-state index is 14.3. The highest BCUT2D eigenvalue weighted by atomic mass is 19.1. The molecule has 0 saturated carbocycles. The van der Waals surface area contributed by atoms with E-state index in [0.29, 0.717) is 11.5 Å². The highest BCUT2D eigenvalue weighted by Crippen LogP contribution is 2.34.